The largest absolute Gasteiger partial charge is 0.323 e. The maximum Gasteiger partial charge on any atom is 0.115 e. The third kappa shape index (κ3) is 2.43. The zero-order chi connectivity index (χ0) is 8.81. The summed E-state index contributed by atoms with van der Waals surface area (Å²) >= 11 is 0. The summed E-state index contributed by atoms with van der Waals surface area (Å²) < 4.78 is 0. The standard InChI is InChI=1S/C9H13N3/c1-2-3-4-8(10)9-5-6-11-7-12-9/h2,5-8H,1,3-4,10H2. The molecule has 0 aliphatic rings. The van der Waals surface area contributed by atoms with Crippen molar-refractivity contribution in [3.8, 4) is 0 Å². The van der Waals surface area contributed by atoms with E-state index in [0.717, 1.165) is 18.5 Å². The first kappa shape index (κ1) is 8.87. The summed E-state index contributed by atoms with van der Waals surface area (Å²) in [7, 11) is 0. The minimum Gasteiger partial charge on any atom is -0.323 e. The van der Waals surface area contributed by atoms with E-state index in [4.69, 9.17) is 5.73 Å². The fourth-order valence-electron chi connectivity index (χ4n) is 0.966. The third-order valence-electron chi connectivity index (χ3n) is 1.67. The average Bonchev–Trinajstić information content (AvgIpc) is 2.15. The number of hydrogen-bond acceptors (Lipinski definition) is 3. The maximum atomic E-state index is 5.84. The first-order chi connectivity index (χ1) is 5.84. The van der Waals surface area contributed by atoms with Crippen LogP contribution in [0.1, 0.15) is 24.6 Å². The van der Waals surface area contributed by atoms with E-state index in [1.54, 1.807) is 6.20 Å². The molecule has 3 heteroatoms. The van der Waals surface area contributed by atoms with Crippen LogP contribution >= 0.6 is 0 Å². The summed E-state index contributed by atoms with van der Waals surface area (Å²) in [4.78, 5) is 7.88. The summed E-state index contributed by atoms with van der Waals surface area (Å²) in [5, 5.41) is 0. The molecule has 0 aromatic carbocycles. The Kier molecular flexibility index (Phi) is 3.41. The SMILES string of the molecule is C=CCCC(N)c1ccncn1. The highest BCUT2D eigenvalue weighted by Gasteiger charge is 2.04. The highest BCUT2D eigenvalue weighted by Crippen LogP contribution is 2.11. The van der Waals surface area contributed by atoms with Crippen molar-refractivity contribution in [2.75, 3.05) is 0 Å². The van der Waals surface area contributed by atoms with Gasteiger partial charge in [0.25, 0.3) is 0 Å². The molecular weight excluding hydrogens is 150 g/mol. The first-order valence-corrected chi connectivity index (χ1v) is 3.97. The fraction of sp³-hybridized carbons (Fsp3) is 0.333. The van der Waals surface area contributed by atoms with Gasteiger partial charge in [-0.05, 0) is 18.9 Å². The Hall–Kier alpha value is -1.22. The molecule has 0 spiro atoms. The Morgan fingerprint density at radius 2 is 2.50 bits per heavy atom. The van der Waals surface area contributed by atoms with Gasteiger partial charge in [0.05, 0.1) is 5.69 Å². The van der Waals surface area contributed by atoms with Crippen LogP contribution in [0.5, 0.6) is 0 Å². The molecule has 12 heavy (non-hydrogen) atoms. The van der Waals surface area contributed by atoms with Gasteiger partial charge in [0, 0.05) is 12.2 Å². The second kappa shape index (κ2) is 4.62. The Bertz CT molecular complexity index is 233. The lowest BCUT2D eigenvalue weighted by molar-refractivity contribution is 0.640. The Labute approximate surface area is 72.3 Å². The summed E-state index contributed by atoms with van der Waals surface area (Å²) in [6.45, 7) is 3.64. The van der Waals surface area contributed by atoms with Gasteiger partial charge < -0.3 is 5.73 Å². The van der Waals surface area contributed by atoms with Crippen LogP contribution in [-0.4, -0.2) is 9.97 Å². The van der Waals surface area contributed by atoms with Gasteiger partial charge >= 0.3 is 0 Å². The van der Waals surface area contributed by atoms with Crippen LogP contribution in [0.25, 0.3) is 0 Å². The average molecular weight is 163 g/mol. The predicted octanol–water partition coefficient (Wildman–Crippen LogP) is 1.44. The molecule has 0 saturated heterocycles. The number of allylic oxidation sites excluding steroid dienone is 1. The number of nitrogens with zero attached hydrogens (tertiary/aromatic N) is 2. The van der Waals surface area contributed by atoms with Gasteiger partial charge in [0.2, 0.25) is 0 Å². The predicted molar refractivity (Wildman–Crippen MR) is 48.4 cm³/mol. The summed E-state index contributed by atoms with van der Waals surface area (Å²) in [5.74, 6) is 0. The third-order valence-corrected chi connectivity index (χ3v) is 1.67. The molecule has 0 aliphatic heterocycles. The molecule has 0 fully saturated rings. The molecule has 1 rings (SSSR count). The monoisotopic (exact) mass is 163 g/mol. The minimum absolute atomic E-state index is 0.00556. The van der Waals surface area contributed by atoms with Crippen LogP contribution < -0.4 is 5.73 Å². The number of rotatable bonds is 4. The molecule has 0 aliphatic carbocycles. The molecule has 64 valence electrons. The lowest BCUT2D eigenvalue weighted by Gasteiger charge is -2.07. The molecule has 0 radical (unpaired) electrons. The Balaban J connectivity index is 2.53. The summed E-state index contributed by atoms with van der Waals surface area (Å²) in [6, 6.07) is 1.85. The molecule has 3 nitrogen and oxygen atoms in total. The minimum atomic E-state index is 0.00556. The van der Waals surface area contributed by atoms with Gasteiger partial charge in [0.15, 0.2) is 0 Å². The first-order valence-electron chi connectivity index (χ1n) is 3.97. The van der Waals surface area contributed by atoms with E-state index in [-0.39, 0.29) is 6.04 Å². The topological polar surface area (TPSA) is 51.8 Å². The van der Waals surface area contributed by atoms with Crippen molar-refractivity contribution in [3.05, 3.63) is 36.9 Å². The molecular formula is C9H13N3. The molecule has 2 N–H and O–H groups in total. The van der Waals surface area contributed by atoms with Gasteiger partial charge in [-0.3, -0.25) is 0 Å². The second-order valence-electron chi connectivity index (χ2n) is 2.61. The lowest BCUT2D eigenvalue weighted by atomic mass is 10.1. The van der Waals surface area contributed by atoms with Crippen molar-refractivity contribution in [2.24, 2.45) is 5.73 Å². The van der Waals surface area contributed by atoms with Crippen LogP contribution in [-0.2, 0) is 0 Å². The van der Waals surface area contributed by atoms with E-state index in [1.165, 1.54) is 6.33 Å². The van der Waals surface area contributed by atoms with Crippen molar-refractivity contribution in [1.82, 2.24) is 9.97 Å². The van der Waals surface area contributed by atoms with E-state index in [1.807, 2.05) is 12.1 Å². The Morgan fingerprint density at radius 1 is 1.67 bits per heavy atom. The van der Waals surface area contributed by atoms with E-state index in [9.17, 15) is 0 Å². The maximum absolute atomic E-state index is 5.84. The van der Waals surface area contributed by atoms with Gasteiger partial charge in [-0.15, -0.1) is 6.58 Å². The lowest BCUT2D eigenvalue weighted by Crippen LogP contribution is -2.11. The Morgan fingerprint density at radius 3 is 3.08 bits per heavy atom. The number of aromatic nitrogens is 2. The normalized spacial score (nSPS) is 12.4. The van der Waals surface area contributed by atoms with Crippen LogP contribution in [0.15, 0.2) is 31.2 Å². The summed E-state index contributed by atoms with van der Waals surface area (Å²) in [5.41, 5.74) is 6.74. The number of nitrogens with two attached hydrogens (primary N) is 1. The van der Waals surface area contributed by atoms with Crippen molar-refractivity contribution >= 4 is 0 Å². The molecule has 1 aromatic heterocycles. The molecule has 0 bridgehead atoms. The smallest absolute Gasteiger partial charge is 0.115 e. The fourth-order valence-corrected chi connectivity index (χ4v) is 0.966. The van der Waals surface area contributed by atoms with Crippen molar-refractivity contribution in [2.45, 2.75) is 18.9 Å². The van der Waals surface area contributed by atoms with E-state index in [0.29, 0.717) is 0 Å². The van der Waals surface area contributed by atoms with Gasteiger partial charge in [0.1, 0.15) is 6.33 Å². The van der Waals surface area contributed by atoms with Crippen LogP contribution in [0, 0.1) is 0 Å². The highest BCUT2D eigenvalue weighted by molar-refractivity contribution is 5.03. The van der Waals surface area contributed by atoms with Gasteiger partial charge in [-0.25, -0.2) is 9.97 Å². The second-order valence-corrected chi connectivity index (χ2v) is 2.61. The molecule has 1 heterocycles. The molecule has 1 aromatic rings. The van der Waals surface area contributed by atoms with Gasteiger partial charge in [-0.1, -0.05) is 6.08 Å². The highest BCUT2D eigenvalue weighted by atomic mass is 14.8. The van der Waals surface area contributed by atoms with E-state index < -0.39 is 0 Å². The zero-order valence-electron chi connectivity index (χ0n) is 6.98. The quantitative estimate of drug-likeness (QED) is 0.683. The van der Waals surface area contributed by atoms with E-state index >= 15 is 0 Å². The van der Waals surface area contributed by atoms with E-state index in [2.05, 4.69) is 16.5 Å². The van der Waals surface area contributed by atoms with Gasteiger partial charge in [-0.2, -0.15) is 0 Å². The molecule has 0 saturated carbocycles. The van der Waals surface area contributed by atoms with Crippen molar-refractivity contribution in [3.63, 3.8) is 0 Å². The molecule has 1 atom stereocenters. The molecule has 1 unspecified atom stereocenters. The van der Waals surface area contributed by atoms with Crippen molar-refractivity contribution < 1.29 is 0 Å². The van der Waals surface area contributed by atoms with Crippen LogP contribution in [0.4, 0.5) is 0 Å². The number of hydrogen-bond donors (Lipinski definition) is 1. The van der Waals surface area contributed by atoms with Crippen LogP contribution in [0.2, 0.25) is 0 Å². The zero-order valence-corrected chi connectivity index (χ0v) is 6.98. The summed E-state index contributed by atoms with van der Waals surface area (Å²) in [6.07, 6.45) is 6.89. The van der Waals surface area contributed by atoms with Crippen LogP contribution in [0.3, 0.4) is 0 Å². The molecule has 0 amide bonds. The van der Waals surface area contributed by atoms with Crippen molar-refractivity contribution in [1.29, 1.82) is 0 Å².